The number of carbonyl (C=O) groups excluding carboxylic acids is 1. The smallest absolute Gasteiger partial charge is 0.349 e. The predicted molar refractivity (Wildman–Crippen MR) is 148 cm³/mol. The van der Waals surface area contributed by atoms with Crippen molar-refractivity contribution in [2.75, 3.05) is 20.3 Å². The Hall–Kier alpha value is -4.11. The zero-order chi connectivity index (χ0) is 27.1. The van der Waals surface area contributed by atoms with E-state index < -0.39 is 11.6 Å². The summed E-state index contributed by atoms with van der Waals surface area (Å²) in [7, 11) is 1.52. The van der Waals surface area contributed by atoms with E-state index in [9.17, 15) is 9.59 Å². The summed E-state index contributed by atoms with van der Waals surface area (Å²) in [6, 6.07) is 22.6. The van der Waals surface area contributed by atoms with Crippen LogP contribution >= 0.6 is 11.3 Å². The maximum atomic E-state index is 12.8. The second-order valence-corrected chi connectivity index (χ2v) is 9.84. The number of aromatic nitrogens is 1. The SMILES string of the molecule is CCOC(=O)C(C)(C)Oc1ccc(OCCn2c(=O)sc3cc(C(=NOC)c4ccccc4)ccc32)cc1. The molecule has 198 valence electrons. The summed E-state index contributed by atoms with van der Waals surface area (Å²) in [6.07, 6.45) is 0. The Morgan fingerprint density at radius 1 is 0.974 bits per heavy atom. The third kappa shape index (κ3) is 6.23. The monoisotopic (exact) mass is 534 g/mol. The molecule has 1 aromatic heterocycles. The zero-order valence-electron chi connectivity index (χ0n) is 21.8. The lowest BCUT2D eigenvalue weighted by Gasteiger charge is -2.24. The van der Waals surface area contributed by atoms with Gasteiger partial charge in [0.15, 0.2) is 5.60 Å². The highest BCUT2D eigenvalue weighted by Gasteiger charge is 2.31. The van der Waals surface area contributed by atoms with E-state index in [0.717, 1.165) is 21.3 Å². The van der Waals surface area contributed by atoms with E-state index in [0.29, 0.717) is 37.0 Å². The number of nitrogens with zero attached hydrogens (tertiary/aromatic N) is 2. The number of carbonyl (C=O) groups is 1. The van der Waals surface area contributed by atoms with Crippen LogP contribution in [0.3, 0.4) is 0 Å². The van der Waals surface area contributed by atoms with E-state index in [1.165, 1.54) is 18.4 Å². The lowest BCUT2D eigenvalue weighted by molar-refractivity contribution is -0.158. The van der Waals surface area contributed by atoms with Gasteiger partial charge in [0, 0.05) is 11.1 Å². The van der Waals surface area contributed by atoms with Crippen LogP contribution in [0.2, 0.25) is 0 Å². The Morgan fingerprint density at radius 3 is 2.37 bits per heavy atom. The molecule has 0 aliphatic rings. The van der Waals surface area contributed by atoms with Crippen LogP contribution in [-0.4, -0.2) is 42.2 Å². The Morgan fingerprint density at radius 2 is 1.68 bits per heavy atom. The number of hydrogen-bond acceptors (Lipinski definition) is 8. The van der Waals surface area contributed by atoms with Gasteiger partial charge in [-0.3, -0.25) is 9.36 Å². The fraction of sp³-hybridized carbons (Fsp3) is 0.276. The molecule has 0 aliphatic carbocycles. The minimum atomic E-state index is -1.10. The molecule has 0 aliphatic heterocycles. The van der Waals surface area contributed by atoms with Gasteiger partial charge < -0.3 is 19.0 Å². The van der Waals surface area contributed by atoms with Crippen LogP contribution in [0.5, 0.6) is 11.5 Å². The quantitative estimate of drug-likeness (QED) is 0.148. The first-order chi connectivity index (χ1) is 18.3. The number of fused-ring (bicyclic) bond motifs is 1. The molecule has 0 bridgehead atoms. The summed E-state index contributed by atoms with van der Waals surface area (Å²) in [5.41, 5.74) is 2.22. The summed E-state index contributed by atoms with van der Waals surface area (Å²) in [6.45, 7) is 6.07. The number of esters is 1. The van der Waals surface area contributed by atoms with Gasteiger partial charge in [-0.2, -0.15) is 0 Å². The van der Waals surface area contributed by atoms with Crippen molar-refractivity contribution in [1.82, 2.24) is 4.57 Å². The third-order valence-corrected chi connectivity index (χ3v) is 6.66. The molecule has 0 amide bonds. The summed E-state index contributed by atoms with van der Waals surface area (Å²) < 4.78 is 19.3. The molecule has 9 heteroatoms. The highest BCUT2D eigenvalue weighted by molar-refractivity contribution is 7.16. The van der Waals surface area contributed by atoms with Crippen LogP contribution in [0.25, 0.3) is 10.2 Å². The van der Waals surface area contributed by atoms with Crippen LogP contribution in [0.1, 0.15) is 31.9 Å². The van der Waals surface area contributed by atoms with Gasteiger partial charge >= 0.3 is 10.8 Å². The van der Waals surface area contributed by atoms with Gasteiger partial charge in [0.1, 0.15) is 30.9 Å². The maximum Gasteiger partial charge on any atom is 0.349 e. The van der Waals surface area contributed by atoms with Crippen molar-refractivity contribution in [3.8, 4) is 11.5 Å². The molecule has 0 fully saturated rings. The highest BCUT2D eigenvalue weighted by atomic mass is 32.1. The Bertz CT molecular complexity index is 1470. The number of benzene rings is 3. The summed E-state index contributed by atoms with van der Waals surface area (Å²) >= 11 is 1.18. The molecule has 0 atom stereocenters. The second-order valence-electron chi connectivity index (χ2n) is 8.84. The molecule has 0 N–H and O–H groups in total. The van der Waals surface area contributed by atoms with Crippen LogP contribution in [0.15, 0.2) is 82.7 Å². The normalized spacial score (nSPS) is 11.8. The van der Waals surface area contributed by atoms with Crippen LogP contribution in [0.4, 0.5) is 0 Å². The van der Waals surface area contributed by atoms with Crippen molar-refractivity contribution in [3.05, 3.63) is 93.6 Å². The zero-order valence-corrected chi connectivity index (χ0v) is 22.6. The van der Waals surface area contributed by atoms with E-state index in [-0.39, 0.29) is 4.87 Å². The standard InChI is InChI=1S/C29H30N2O6S/c1-5-35-27(32)29(2,3)37-23-14-12-22(13-15-23)36-18-17-31-24-16-11-21(19-25(24)38-28(31)33)26(30-34-4)20-9-7-6-8-10-20/h6-16,19H,5,17-18H2,1-4H3. The largest absolute Gasteiger partial charge is 0.492 e. The van der Waals surface area contributed by atoms with Crippen molar-refractivity contribution in [2.24, 2.45) is 5.16 Å². The molecule has 0 radical (unpaired) electrons. The predicted octanol–water partition coefficient (Wildman–Crippen LogP) is 5.26. The number of oxime groups is 1. The molecule has 1 heterocycles. The number of thiazole rings is 1. The lowest BCUT2D eigenvalue weighted by Crippen LogP contribution is -2.39. The fourth-order valence-electron chi connectivity index (χ4n) is 3.88. The van der Waals surface area contributed by atoms with Crippen LogP contribution in [-0.2, 0) is 20.9 Å². The topological polar surface area (TPSA) is 88.4 Å². The third-order valence-electron chi connectivity index (χ3n) is 5.72. The minimum Gasteiger partial charge on any atom is -0.492 e. The fourth-order valence-corrected chi connectivity index (χ4v) is 4.84. The second kappa shape index (κ2) is 12.0. The van der Waals surface area contributed by atoms with Crippen molar-refractivity contribution >= 4 is 33.2 Å². The van der Waals surface area contributed by atoms with E-state index in [4.69, 9.17) is 19.0 Å². The van der Waals surface area contributed by atoms with Gasteiger partial charge in [-0.25, -0.2) is 4.79 Å². The van der Waals surface area contributed by atoms with E-state index >= 15 is 0 Å². The summed E-state index contributed by atoms with van der Waals surface area (Å²) in [5.74, 6) is 0.728. The van der Waals surface area contributed by atoms with E-state index in [1.54, 1.807) is 49.6 Å². The number of rotatable bonds is 11. The molecule has 0 spiro atoms. The molecule has 4 aromatic rings. The lowest BCUT2D eigenvalue weighted by atomic mass is 10.0. The molecule has 0 unspecified atom stereocenters. The van der Waals surface area contributed by atoms with Crippen molar-refractivity contribution in [2.45, 2.75) is 32.9 Å². The van der Waals surface area contributed by atoms with Gasteiger partial charge in [-0.15, -0.1) is 0 Å². The highest BCUT2D eigenvalue weighted by Crippen LogP contribution is 2.24. The average molecular weight is 535 g/mol. The van der Waals surface area contributed by atoms with Crippen molar-refractivity contribution in [1.29, 1.82) is 0 Å². The Balaban J connectivity index is 1.43. The number of ether oxygens (including phenoxy) is 3. The maximum absolute atomic E-state index is 12.8. The summed E-state index contributed by atoms with van der Waals surface area (Å²) in [4.78, 5) is 29.8. The molecule has 8 nitrogen and oxygen atoms in total. The van der Waals surface area contributed by atoms with Crippen LogP contribution < -0.4 is 14.3 Å². The average Bonchev–Trinajstić information content (AvgIpc) is 3.22. The Labute approximate surface area is 225 Å². The number of hydrogen-bond donors (Lipinski definition) is 0. The molecule has 0 saturated carbocycles. The first kappa shape index (κ1) is 26.9. The molecule has 4 rings (SSSR count). The van der Waals surface area contributed by atoms with E-state index in [1.807, 2.05) is 48.5 Å². The van der Waals surface area contributed by atoms with Gasteiger partial charge in [0.2, 0.25) is 0 Å². The molecule has 38 heavy (non-hydrogen) atoms. The summed E-state index contributed by atoms with van der Waals surface area (Å²) in [5, 5.41) is 4.21. The molecule has 3 aromatic carbocycles. The molecular weight excluding hydrogens is 504 g/mol. The first-order valence-corrected chi connectivity index (χ1v) is 13.0. The first-order valence-electron chi connectivity index (χ1n) is 12.2. The van der Waals surface area contributed by atoms with Crippen molar-refractivity contribution in [3.63, 3.8) is 0 Å². The van der Waals surface area contributed by atoms with Gasteiger partial charge in [-0.1, -0.05) is 52.9 Å². The van der Waals surface area contributed by atoms with Gasteiger partial charge in [-0.05, 0) is 57.2 Å². The molecule has 0 saturated heterocycles. The van der Waals surface area contributed by atoms with Crippen LogP contribution in [0, 0.1) is 0 Å². The Kier molecular flexibility index (Phi) is 8.48. The van der Waals surface area contributed by atoms with Crippen molar-refractivity contribution < 1.29 is 23.8 Å². The van der Waals surface area contributed by atoms with Gasteiger partial charge in [0.25, 0.3) is 0 Å². The molecular formula is C29H30N2O6S. The minimum absolute atomic E-state index is 0.0596. The van der Waals surface area contributed by atoms with Gasteiger partial charge in [0.05, 0.1) is 23.4 Å². The van der Waals surface area contributed by atoms with E-state index in [2.05, 4.69) is 5.16 Å².